The van der Waals surface area contributed by atoms with Gasteiger partial charge in [0.2, 0.25) is 5.91 Å². The van der Waals surface area contributed by atoms with Crippen LogP contribution < -0.4 is 11.1 Å². The van der Waals surface area contributed by atoms with Gasteiger partial charge in [-0.15, -0.1) is 0 Å². The Morgan fingerprint density at radius 2 is 2.17 bits per heavy atom. The van der Waals surface area contributed by atoms with Crippen LogP contribution in [0.4, 0.5) is 5.69 Å². The Labute approximate surface area is 110 Å². The van der Waals surface area contributed by atoms with Gasteiger partial charge in [-0.1, -0.05) is 24.9 Å². The van der Waals surface area contributed by atoms with Crippen molar-refractivity contribution in [2.75, 3.05) is 5.32 Å². The number of carboxylic acid groups (broad SMARTS) is 1. The number of carbonyl (C=O) groups is 2. The third kappa shape index (κ3) is 3.72. The second kappa shape index (κ2) is 6.37. The topological polar surface area (TPSA) is 92.4 Å². The first kappa shape index (κ1) is 14.5. The molecule has 0 fully saturated rings. The highest BCUT2D eigenvalue weighted by Crippen LogP contribution is 2.21. The molecule has 0 aliphatic carbocycles. The van der Waals surface area contributed by atoms with Gasteiger partial charge in [-0.25, -0.2) is 4.79 Å². The number of amides is 1. The van der Waals surface area contributed by atoms with Gasteiger partial charge >= 0.3 is 5.97 Å². The van der Waals surface area contributed by atoms with Crippen LogP contribution in [0.3, 0.4) is 0 Å². The normalized spacial score (nSPS) is 11.9. The van der Waals surface area contributed by atoms with Crippen molar-refractivity contribution in [3.05, 3.63) is 28.8 Å². The zero-order chi connectivity index (χ0) is 13.7. The van der Waals surface area contributed by atoms with E-state index >= 15 is 0 Å². The molecule has 1 atom stereocenters. The molecule has 0 aliphatic rings. The van der Waals surface area contributed by atoms with Gasteiger partial charge in [0.1, 0.15) is 0 Å². The highest BCUT2D eigenvalue weighted by Gasteiger charge is 2.16. The number of nitrogens with two attached hydrogens (primary N) is 1. The van der Waals surface area contributed by atoms with Crippen LogP contribution in [0.5, 0.6) is 0 Å². The summed E-state index contributed by atoms with van der Waals surface area (Å²) in [7, 11) is 0. The van der Waals surface area contributed by atoms with E-state index in [1.54, 1.807) is 0 Å². The van der Waals surface area contributed by atoms with Gasteiger partial charge in [0.05, 0.1) is 17.3 Å². The van der Waals surface area contributed by atoms with Crippen LogP contribution in [0.1, 0.15) is 30.1 Å². The summed E-state index contributed by atoms with van der Waals surface area (Å²) in [5.41, 5.74) is 5.79. The molecular formula is C12H15ClN2O3. The second-order valence-corrected chi connectivity index (χ2v) is 4.32. The number of benzene rings is 1. The second-order valence-electron chi connectivity index (χ2n) is 3.88. The van der Waals surface area contributed by atoms with E-state index in [-0.39, 0.29) is 11.3 Å². The number of halogens is 1. The zero-order valence-electron chi connectivity index (χ0n) is 9.94. The molecule has 0 unspecified atom stereocenters. The molecule has 0 heterocycles. The Morgan fingerprint density at radius 3 is 2.72 bits per heavy atom. The molecule has 0 saturated heterocycles. The van der Waals surface area contributed by atoms with E-state index in [2.05, 4.69) is 5.32 Å². The van der Waals surface area contributed by atoms with E-state index in [4.69, 9.17) is 22.4 Å². The lowest BCUT2D eigenvalue weighted by molar-refractivity contribution is -0.117. The number of carboxylic acids is 1. The fourth-order valence-corrected chi connectivity index (χ4v) is 1.65. The van der Waals surface area contributed by atoms with Gasteiger partial charge in [-0.3, -0.25) is 4.79 Å². The number of hydrogen-bond acceptors (Lipinski definition) is 3. The van der Waals surface area contributed by atoms with E-state index in [0.29, 0.717) is 11.4 Å². The van der Waals surface area contributed by atoms with Crippen molar-refractivity contribution in [2.45, 2.75) is 25.8 Å². The molecule has 0 radical (unpaired) electrons. The quantitative estimate of drug-likeness (QED) is 0.764. The standard InChI is InChI=1S/C12H15ClN2O3/c1-2-3-9(14)11(16)15-10-6-7(13)4-5-8(10)12(17)18/h4-6,9H,2-3,14H2,1H3,(H,15,16)(H,17,18)/t9-/m0/s1. The molecule has 0 aliphatic heterocycles. The van der Waals surface area contributed by atoms with Crippen LogP contribution >= 0.6 is 11.6 Å². The first-order valence-corrected chi connectivity index (χ1v) is 5.92. The summed E-state index contributed by atoms with van der Waals surface area (Å²) in [6.45, 7) is 1.91. The van der Waals surface area contributed by atoms with Crippen molar-refractivity contribution < 1.29 is 14.7 Å². The lowest BCUT2D eigenvalue weighted by Gasteiger charge is -2.13. The van der Waals surface area contributed by atoms with Gasteiger partial charge in [0.25, 0.3) is 0 Å². The van der Waals surface area contributed by atoms with Crippen LogP contribution in [0, 0.1) is 0 Å². The maximum absolute atomic E-state index is 11.7. The predicted octanol–water partition coefficient (Wildman–Crippen LogP) is 2.10. The van der Waals surface area contributed by atoms with E-state index in [0.717, 1.165) is 6.42 Å². The highest BCUT2D eigenvalue weighted by atomic mass is 35.5. The number of anilines is 1. The van der Waals surface area contributed by atoms with Crippen molar-refractivity contribution in [1.29, 1.82) is 0 Å². The lowest BCUT2D eigenvalue weighted by Crippen LogP contribution is -2.35. The number of carbonyl (C=O) groups excluding carboxylic acids is 1. The smallest absolute Gasteiger partial charge is 0.337 e. The first-order chi connectivity index (χ1) is 8.45. The Hall–Kier alpha value is -1.59. The highest BCUT2D eigenvalue weighted by molar-refractivity contribution is 6.31. The monoisotopic (exact) mass is 270 g/mol. The first-order valence-electron chi connectivity index (χ1n) is 5.55. The lowest BCUT2D eigenvalue weighted by atomic mass is 10.1. The number of aromatic carboxylic acids is 1. The minimum Gasteiger partial charge on any atom is -0.478 e. The predicted molar refractivity (Wildman–Crippen MR) is 69.9 cm³/mol. The SMILES string of the molecule is CCC[C@H](N)C(=O)Nc1cc(Cl)ccc1C(=O)O. The zero-order valence-corrected chi connectivity index (χ0v) is 10.7. The average molecular weight is 271 g/mol. The minimum atomic E-state index is -1.13. The Kier molecular flexibility index (Phi) is 5.12. The van der Waals surface area contributed by atoms with Crippen LogP contribution in [0.15, 0.2) is 18.2 Å². The van der Waals surface area contributed by atoms with E-state index in [9.17, 15) is 9.59 Å². The molecule has 5 nitrogen and oxygen atoms in total. The number of hydrogen-bond donors (Lipinski definition) is 3. The molecule has 0 saturated carbocycles. The Bertz CT molecular complexity index is 463. The van der Waals surface area contributed by atoms with Crippen LogP contribution in [-0.2, 0) is 4.79 Å². The van der Waals surface area contributed by atoms with Crippen molar-refractivity contribution in [3.63, 3.8) is 0 Å². The van der Waals surface area contributed by atoms with Crippen LogP contribution in [0.25, 0.3) is 0 Å². The van der Waals surface area contributed by atoms with E-state index in [1.165, 1.54) is 18.2 Å². The molecule has 4 N–H and O–H groups in total. The van der Waals surface area contributed by atoms with Crippen molar-refractivity contribution in [3.8, 4) is 0 Å². The molecule has 0 aromatic heterocycles. The summed E-state index contributed by atoms with van der Waals surface area (Å²) in [4.78, 5) is 22.7. The van der Waals surface area contributed by atoms with E-state index < -0.39 is 17.9 Å². The molecule has 1 amide bonds. The molecule has 0 spiro atoms. The molecular weight excluding hydrogens is 256 g/mol. The van der Waals surface area contributed by atoms with Crippen LogP contribution in [0.2, 0.25) is 5.02 Å². The van der Waals surface area contributed by atoms with Crippen molar-refractivity contribution in [2.24, 2.45) is 5.73 Å². The number of rotatable bonds is 5. The molecule has 18 heavy (non-hydrogen) atoms. The fraction of sp³-hybridized carbons (Fsp3) is 0.333. The molecule has 0 bridgehead atoms. The fourth-order valence-electron chi connectivity index (χ4n) is 1.47. The van der Waals surface area contributed by atoms with E-state index in [1.807, 2.05) is 6.92 Å². The summed E-state index contributed by atoms with van der Waals surface area (Å²) in [5, 5.41) is 11.8. The Balaban J connectivity index is 2.92. The van der Waals surface area contributed by atoms with Crippen molar-refractivity contribution >= 4 is 29.2 Å². The van der Waals surface area contributed by atoms with Gasteiger partial charge in [0.15, 0.2) is 0 Å². The van der Waals surface area contributed by atoms with Crippen molar-refractivity contribution in [1.82, 2.24) is 0 Å². The van der Waals surface area contributed by atoms with Gasteiger partial charge < -0.3 is 16.2 Å². The maximum Gasteiger partial charge on any atom is 0.337 e. The third-order valence-corrected chi connectivity index (χ3v) is 2.64. The molecule has 1 aromatic carbocycles. The molecule has 1 aromatic rings. The average Bonchev–Trinajstić information content (AvgIpc) is 2.28. The van der Waals surface area contributed by atoms with Crippen LogP contribution in [-0.4, -0.2) is 23.0 Å². The summed E-state index contributed by atoms with van der Waals surface area (Å²) in [6, 6.07) is 3.52. The summed E-state index contributed by atoms with van der Waals surface area (Å²) >= 11 is 5.77. The molecule has 1 rings (SSSR count). The third-order valence-electron chi connectivity index (χ3n) is 2.41. The summed E-state index contributed by atoms with van der Waals surface area (Å²) in [6.07, 6.45) is 1.31. The molecule has 98 valence electrons. The van der Waals surface area contributed by atoms with Gasteiger partial charge in [-0.05, 0) is 24.6 Å². The summed E-state index contributed by atoms with van der Waals surface area (Å²) in [5.74, 6) is -1.55. The van der Waals surface area contributed by atoms with Gasteiger partial charge in [-0.2, -0.15) is 0 Å². The minimum absolute atomic E-state index is 0.0172. The Morgan fingerprint density at radius 1 is 1.50 bits per heavy atom. The summed E-state index contributed by atoms with van der Waals surface area (Å²) < 4.78 is 0. The largest absolute Gasteiger partial charge is 0.478 e. The maximum atomic E-state index is 11.7. The molecule has 6 heteroatoms. The van der Waals surface area contributed by atoms with Gasteiger partial charge in [0, 0.05) is 5.02 Å². The number of nitrogens with one attached hydrogen (secondary N) is 1.